The molecule has 0 aliphatic heterocycles. The van der Waals surface area contributed by atoms with E-state index in [1.54, 1.807) is 6.92 Å². The highest BCUT2D eigenvalue weighted by molar-refractivity contribution is 5.93. The summed E-state index contributed by atoms with van der Waals surface area (Å²) in [5, 5.41) is 8.72. The molecule has 0 radical (unpaired) electrons. The third-order valence-corrected chi connectivity index (χ3v) is 2.16. The number of amides is 2. The highest BCUT2D eigenvalue weighted by atomic mass is 16.2. The predicted octanol–water partition coefficient (Wildman–Crippen LogP) is -0.626. The lowest BCUT2D eigenvalue weighted by Gasteiger charge is -2.19. The quantitative estimate of drug-likeness (QED) is 0.647. The van der Waals surface area contributed by atoms with Gasteiger partial charge in [0.25, 0.3) is 5.91 Å². The Balaban J connectivity index is 2.66. The topological polar surface area (TPSA) is 117 Å². The molecule has 0 spiro atoms. The van der Waals surface area contributed by atoms with Crippen molar-refractivity contribution in [1.82, 2.24) is 25.4 Å². The molecule has 0 fully saturated rings. The first-order valence-electron chi connectivity index (χ1n) is 5.70. The van der Waals surface area contributed by atoms with Gasteiger partial charge in [0.1, 0.15) is 0 Å². The third kappa shape index (κ3) is 3.72. The number of carbonyl (C=O) groups excluding carboxylic acids is 2. The number of likely N-dealkylation sites (N-methyl/N-ethyl adjacent to an activating group) is 1. The molecule has 4 N–H and O–H groups in total. The number of nitrogen functional groups attached to an aromatic ring is 1. The van der Waals surface area contributed by atoms with E-state index in [1.807, 2.05) is 13.8 Å². The van der Waals surface area contributed by atoms with E-state index in [1.165, 1.54) is 4.90 Å². The lowest BCUT2D eigenvalue weighted by atomic mass is 10.3. The van der Waals surface area contributed by atoms with Crippen LogP contribution in [0.3, 0.4) is 0 Å². The van der Waals surface area contributed by atoms with Crippen molar-refractivity contribution in [3.05, 3.63) is 5.82 Å². The molecule has 100 valence electrons. The number of nitrogens with zero attached hydrogens (tertiary/aromatic N) is 3. The third-order valence-electron chi connectivity index (χ3n) is 2.16. The van der Waals surface area contributed by atoms with E-state index >= 15 is 0 Å². The second-order valence-electron chi connectivity index (χ2n) is 4.08. The summed E-state index contributed by atoms with van der Waals surface area (Å²) in [5.41, 5.74) is 5.32. The Morgan fingerprint density at radius 3 is 2.61 bits per heavy atom. The van der Waals surface area contributed by atoms with Crippen LogP contribution in [0.2, 0.25) is 0 Å². The number of nitrogens with one attached hydrogen (secondary N) is 2. The van der Waals surface area contributed by atoms with Crippen molar-refractivity contribution in [1.29, 1.82) is 0 Å². The molecule has 1 heterocycles. The Hall–Kier alpha value is -2.12. The van der Waals surface area contributed by atoms with Gasteiger partial charge in [-0.1, -0.05) is 0 Å². The Morgan fingerprint density at radius 2 is 2.17 bits per heavy atom. The molecule has 0 saturated carbocycles. The number of H-pyrrole nitrogens is 1. The Morgan fingerprint density at radius 1 is 1.50 bits per heavy atom. The monoisotopic (exact) mass is 254 g/mol. The van der Waals surface area contributed by atoms with Crippen LogP contribution in [0.25, 0.3) is 0 Å². The maximum Gasteiger partial charge on any atom is 0.291 e. The number of hydrogen-bond donors (Lipinski definition) is 3. The first-order chi connectivity index (χ1) is 8.43. The van der Waals surface area contributed by atoms with Gasteiger partial charge >= 0.3 is 0 Å². The van der Waals surface area contributed by atoms with E-state index in [0.717, 1.165) is 0 Å². The first-order valence-corrected chi connectivity index (χ1v) is 5.70. The molecule has 2 amide bonds. The van der Waals surface area contributed by atoms with Gasteiger partial charge < -0.3 is 16.0 Å². The molecule has 0 unspecified atom stereocenters. The molecule has 8 nitrogen and oxygen atoms in total. The van der Waals surface area contributed by atoms with Crippen LogP contribution >= 0.6 is 0 Å². The molecule has 0 aliphatic rings. The van der Waals surface area contributed by atoms with E-state index in [-0.39, 0.29) is 30.3 Å². The smallest absolute Gasteiger partial charge is 0.291 e. The van der Waals surface area contributed by atoms with E-state index in [0.29, 0.717) is 6.54 Å². The van der Waals surface area contributed by atoms with Crippen molar-refractivity contribution >= 4 is 17.8 Å². The van der Waals surface area contributed by atoms with Crippen LogP contribution in [0, 0.1) is 0 Å². The van der Waals surface area contributed by atoms with E-state index in [2.05, 4.69) is 20.5 Å². The number of anilines is 1. The van der Waals surface area contributed by atoms with Crippen molar-refractivity contribution in [2.75, 3.05) is 18.8 Å². The van der Waals surface area contributed by atoms with Crippen LogP contribution in [-0.4, -0.2) is 51.0 Å². The second kappa shape index (κ2) is 5.99. The number of hydrogen-bond acceptors (Lipinski definition) is 5. The van der Waals surface area contributed by atoms with Gasteiger partial charge in [-0.2, -0.15) is 4.98 Å². The van der Waals surface area contributed by atoms with Gasteiger partial charge in [0.2, 0.25) is 17.7 Å². The summed E-state index contributed by atoms with van der Waals surface area (Å²) in [7, 11) is 0. The molecule has 0 aliphatic carbocycles. The van der Waals surface area contributed by atoms with Crippen molar-refractivity contribution in [2.24, 2.45) is 0 Å². The minimum absolute atomic E-state index is 0.000958. The normalized spacial score (nSPS) is 10.4. The summed E-state index contributed by atoms with van der Waals surface area (Å²) in [5.74, 6) is -0.582. The number of aromatic amines is 1. The maximum absolute atomic E-state index is 12.0. The fraction of sp³-hybridized carbons (Fsp3) is 0.600. The summed E-state index contributed by atoms with van der Waals surface area (Å²) in [4.78, 5) is 28.6. The zero-order chi connectivity index (χ0) is 13.7. The summed E-state index contributed by atoms with van der Waals surface area (Å²) >= 11 is 0. The number of aromatic nitrogens is 3. The van der Waals surface area contributed by atoms with Gasteiger partial charge in [0.15, 0.2) is 0 Å². The zero-order valence-corrected chi connectivity index (χ0v) is 10.7. The van der Waals surface area contributed by atoms with Crippen LogP contribution in [0.4, 0.5) is 5.95 Å². The SMILES string of the molecule is CCN(CC(=O)NC(C)C)C(=O)c1nc(N)n[nH]1. The predicted molar refractivity (Wildman–Crippen MR) is 65.7 cm³/mol. The van der Waals surface area contributed by atoms with Gasteiger partial charge in [-0.05, 0) is 20.8 Å². The molecule has 8 heteroatoms. The molecule has 1 aromatic rings. The molecule has 1 rings (SSSR count). The van der Waals surface area contributed by atoms with Crippen LogP contribution in [0.15, 0.2) is 0 Å². The largest absolute Gasteiger partial charge is 0.366 e. The van der Waals surface area contributed by atoms with E-state index < -0.39 is 5.91 Å². The number of carbonyl (C=O) groups is 2. The van der Waals surface area contributed by atoms with Gasteiger partial charge in [-0.3, -0.25) is 14.7 Å². The number of rotatable bonds is 5. The highest BCUT2D eigenvalue weighted by Gasteiger charge is 2.20. The average molecular weight is 254 g/mol. The molecular formula is C10H18N6O2. The minimum Gasteiger partial charge on any atom is -0.366 e. The molecule has 0 aromatic carbocycles. The summed E-state index contributed by atoms with van der Waals surface area (Å²) in [6, 6.07) is 0.0345. The fourth-order valence-electron chi connectivity index (χ4n) is 1.39. The fourth-order valence-corrected chi connectivity index (χ4v) is 1.39. The summed E-state index contributed by atoms with van der Waals surface area (Å²) in [6.45, 7) is 5.86. The summed E-state index contributed by atoms with van der Waals surface area (Å²) < 4.78 is 0. The lowest BCUT2D eigenvalue weighted by molar-refractivity contribution is -0.122. The zero-order valence-electron chi connectivity index (χ0n) is 10.7. The van der Waals surface area contributed by atoms with Crippen LogP contribution < -0.4 is 11.1 Å². The molecule has 0 atom stereocenters. The van der Waals surface area contributed by atoms with Crippen LogP contribution in [0.1, 0.15) is 31.4 Å². The Kier molecular flexibility index (Phi) is 4.64. The van der Waals surface area contributed by atoms with Crippen LogP contribution in [-0.2, 0) is 4.79 Å². The van der Waals surface area contributed by atoms with Crippen LogP contribution in [0.5, 0.6) is 0 Å². The van der Waals surface area contributed by atoms with Crippen molar-refractivity contribution in [3.8, 4) is 0 Å². The summed E-state index contributed by atoms with van der Waals surface area (Å²) in [6.07, 6.45) is 0. The standard InChI is InChI=1S/C10H18N6O2/c1-4-16(5-7(17)12-6(2)3)9(18)8-13-10(11)15-14-8/h6H,4-5H2,1-3H3,(H,12,17)(H3,11,13,14,15). The average Bonchev–Trinajstić information content (AvgIpc) is 2.70. The van der Waals surface area contributed by atoms with Crippen molar-refractivity contribution < 1.29 is 9.59 Å². The first kappa shape index (κ1) is 13.9. The molecule has 18 heavy (non-hydrogen) atoms. The lowest BCUT2D eigenvalue weighted by Crippen LogP contribution is -2.43. The number of nitrogens with two attached hydrogens (primary N) is 1. The molecule has 1 aromatic heterocycles. The van der Waals surface area contributed by atoms with Gasteiger partial charge in [-0.15, -0.1) is 5.10 Å². The highest BCUT2D eigenvalue weighted by Crippen LogP contribution is 2.00. The Labute approximate surface area is 105 Å². The van der Waals surface area contributed by atoms with Crippen molar-refractivity contribution in [3.63, 3.8) is 0 Å². The molecule has 0 saturated heterocycles. The van der Waals surface area contributed by atoms with E-state index in [9.17, 15) is 9.59 Å². The van der Waals surface area contributed by atoms with E-state index in [4.69, 9.17) is 5.73 Å². The Bertz CT molecular complexity index is 428. The molecular weight excluding hydrogens is 236 g/mol. The van der Waals surface area contributed by atoms with Gasteiger partial charge in [-0.25, -0.2) is 0 Å². The second-order valence-corrected chi connectivity index (χ2v) is 4.08. The minimum atomic E-state index is -0.402. The van der Waals surface area contributed by atoms with Crippen molar-refractivity contribution in [2.45, 2.75) is 26.8 Å². The maximum atomic E-state index is 12.0. The molecule has 0 bridgehead atoms. The van der Waals surface area contributed by atoms with Gasteiger partial charge in [0.05, 0.1) is 6.54 Å². The van der Waals surface area contributed by atoms with Gasteiger partial charge in [0, 0.05) is 12.6 Å².